The van der Waals surface area contributed by atoms with E-state index in [9.17, 15) is 9.59 Å². The third-order valence-corrected chi connectivity index (χ3v) is 4.86. The summed E-state index contributed by atoms with van der Waals surface area (Å²) in [6.07, 6.45) is 2.15. The standard InChI is InChI=1S/C13H15NO4S/c15-12(14-4-1-2-9(14)13(16)17)11-6-8-7-18-5-3-10(8)19-11/h6,9H,1-5,7H2,(H,16,17)/t9-/m0/s1. The van der Waals surface area contributed by atoms with Crippen LogP contribution in [0.25, 0.3) is 0 Å². The predicted octanol–water partition coefficient (Wildman–Crippen LogP) is 1.51. The number of hydrogen-bond donors (Lipinski definition) is 1. The zero-order valence-corrected chi connectivity index (χ0v) is 11.2. The number of carboxylic acid groups (broad SMARTS) is 1. The van der Waals surface area contributed by atoms with Gasteiger partial charge in [0.25, 0.3) is 5.91 Å². The van der Waals surface area contributed by atoms with Crippen LogP contribution in [0.5, 0.6) is 0 Å². The lowest BCUT2D eigenvalue weighted by atomic mass is 10.2. The van der Waals surface area contributed by atoms with E-state index >= 15 is 0 Å². The number of carboxylic acids is 1. The number of rotatable bonds is 2. The van der Waals surface area contributed by atoms with Crippen LogP contribution in [-0.2, 0) is 22.6 Å². The number of nitrogens with zero attached hydrogens (tertiary/aromatic N) is 1. The van der Waals surface area contributed by atoms with E-state index in [0.717, 1.165) is 18.4 Å². The lowest BCUT2D eigenvalue weighted by Crippen LogP contribution is -2.40. The van der Waals surface area contributed by atoms with Gasteiger partial charge in [-0.2, -0.15) is 0 Å². The van der Waals surface area contributed by atoms with Gasteiger partial charge < -0.3 is 14.7 Å². The zero-order valence-electron chi connectivity index (χ0n) is 10.4. The quantitative estimate of drug-likeness (QED) is 0.892. The van der Waals surface area contributed by atoms with Gasteiger partial charge in [0.05, 0.1) is 18.1 Å². The van der Waals surface area contributed by atoms with Crippen molar-refractivity contribution in [3.8, 4) is 0 Å². The van der Waals surface area contributed by atoms with E-state index in [-0.39, 0.29) is 5.91 Å². The summed E-state index contributed by atoms with van der Waals surface area (Å²) in [7, 11) is 0. The number of likely N-dealkylation sites (tertiary alicyclic amines) is 1. The van der Waals surface area contributed by atoms with E-state index in [2.05, 4.69) is 0 Å². The van der Waals surface area contributed by atoms with Gasteiger partial charge in [0, 0.05) is 17.8 Å². The molecule has 1 N–H and O–H groups in total. The van der Waals surface area contributed by atoms with Gasteiger partial charge in [-0.05, 0) is 24.5 Å². The summed E-state index contributed by atoms with van der Waals surface area (Å²) >= 11 is 1.48. The molecule has 0 unspecified atom stereocenters. The number of hydrogen-bond acceptors (Lipinski definition) is 4. The monoisotopic (exact) mass is 281 g/mol. The summed E-state index contributed by atoms with van der Waals surface area (Å²) in [6.45, 7) is 1.79. The van der Waals surface area contributed by atoms with Gasteiger partial charge in [-0.15, -0.1) is 11.3 Å². The molecule has 1 aromatic rings. The third kappa shape index (κ3) is 2.26. The van der Waals surface area contributed by atoms with E-state index in [4.69, 9.17) is 9.84 Å². The van der Waals surface area contributed by atoms with Gasteiger partial charge in [0.1, 0.15) is 6.04 Å². The van der Waals surface area contributed by atoms with E-state index in [1.165, 1.54) is 21.1 Å². The van der Waals surface area contributed by atoms with Gasteiger partial charge in [-0.1, -0.05) is 0 Å². The average Bonchev–Trinajstić information content (AvgIpc) is 3.04. The lowest BCUT2D eigenvalue weighted by molar-refractivity contribution is -0.141. The second-order valence-corrected chi connectivity index (χ2v) is 5.99. The van der Waals surface area contributed by atoms with E-state index in [0.29, 0.717) is 31.1 Å². The fraction of sp³-hybridized carbons (Fsp3) is 0.538. The fourth-order valence-electron chi connectivity index (χ4n) is 2.66. The Morgan fingerprint density at radius 1 is 1.47 bits per heavy atom. The van der Waals surface area contributed by atoms with Crippen LogP contribution in [0.4, 0.5) is 0 Å². The van der Waals surface area contributed by atoms with Crippen LogP contribution in [0.1, 0.15) is 33.0 Å². The first-order valence-corrected chi connectivity index (χ1v) is 7.21. The van der Waals surface area contributed by atoms with Crippen LogP contribution < -0.4 is 0 Å². The van der Waals surface area contributed by atoms with Gasteiger partial charge >= 0.3 is 5.97 Å². The predicted molar refractivity (Wildman–Crippen MR) is 69.4 cm³/mol. The van der Waals surface area contributed by atoms with Crippen molar-refractivity contribution in [1.82, 2.24) is 4.90 Å². The summed E-state index contributed by atoms with van der Waals surface area (Å²) in [5, 5.41) is 9.13. The average molecular weight is 281 g/mol. The topological polar surface area (TPSA) is 66.8 Å². The number of carbonyl (C=O) groups is 2. The second kappa shape index (κ2) is 4.94. The molecule has 102 valence electrons. The Kier molecular flexibility index (Phi) is 3.28. The summed E-state index contributed by atoms with van der Waals surface area (Å²) in [4.78, 5) is 26.9. The van der Waals surface area contributed by atoms with Crippen LogP contribution >= 0.6 is 11.3 Å². The molecule has 0 bridgehead atoms. The number of fused-ring (bicyclic) bond motifs is 1. The Balaban J connectivity index is 1.83. The van der Waals surface area contributed by atoms with Crippen LogP contribution in [0.2, 0.25) is 0 Å². The normalized spacial score (nSPS) is 22.3. The van der Waals surface area contributed by atoms with Crippen molar-refractivity contribution in [1.29, 1.82) is 0 Å². The molecule has 0 radical (unpaired) electrons. The number of thiophene rings is 1. The molecule has 3 heterocycles. The van der Waals surface area contributed by atoms with Crippen LogP contribution in [0.15, 0.2) is 6.07 Å². The fourth-order valence-corrected chi connectivity index (χ4v) is 3.77. The molecular formula is C13H15NO4S. The van der Waals surface area contributed by atoms with Crippen molar-refractivity contribution in [3.63, 3.8) is 0 Å². The highest BCUT2D eigenvalue weighted by Gasteiger charge is 2.35. The minimum Gasteiger partial charge on any atom is -0.480 e. The molecular weight excluding hydrogens is 266 g/mol. The Morgan fingerprint density at radius 2 is 2.32 bits per heavy atom. The summed E-state index contributed by atoms with van der Waals surface area (Å²) in [5.74, 6) is -1.06. The van der Waals surface area contributed by atoms with Gasteiger partial charge in [0.2, 0.25) is 0 Å². The molecule has 1 amide bonds. The highest BCUT2D eigenvalue weighted by Crippen LogP contribution is 2.29. The molecule has 3 rings (SSSR count). The second-order valence-electron chi connectivity index (χ2n) is 4.86. The summed E-state index contributed by atoms with van der Waals surface area (Å²) < 4.78 is 5.36. The summed E-state index contributed by atoms with van der Waals surface area (Å²) in [5.41, 5.74) is 1.07. The molecule has 2 aliphatic rings. The molecule has 0 aliphatic carbocycles. The molecule has 19 heavy (non-hydrogen) atoms. The van der Waals surface area contributed by atoms with Crippen LogP contribution in [0.3, 0.4) is 0 Å². The first-order valence-electron chi connectivity index (χ1n) is 6.40. The minimum absolute atomic E-state index is 0.149. The molecule has 0 spiro atoms. The van der Waals surface area contributed by atoms with Gasteiger partial charge in [0.15, 0.2) is 0 Å². The third-order valence-electron chi connectivity index (χ3n) is 3.64. The molecule has 6 heteroatoms. The number of carbonyl (C=O) groups excluding carboxylic acids is 1. The Morgan fingerprint density at radius 3 is 3.05 bits per heavy atom. The zero-order chi connectivity index (χ0) is 13.4. The molecule has 1 aromatic heterocycles. The van der Waals surface area contributed by atoms with Crippen molar-refractivity contribution >= 4 is 23.2 Å². The van der Waals surface area contributed by atoms with Gasteiger partial charge in [-0.25, -0.2) is 4.79 Å². The maximum absolute atomic E-state index is 12.4. The maximum atomic E-state index is 12.4. The maximum Gasteiger partial charge on any atom is 0.326 e. The first-order chi connectivity index (χ1) is 9.16. The highest BCUT2D eigenvalue weighted by atomic mass is 32.1. The molecule has 0 saturated carbocycles. The molecule has 1 fully saturated rings. The number of ether oxygens (including phenoxy) is 1. The largest absolute Gasteiger partial charge is 0.480 e. The van der Waals surface area contributed by atoms with Gasteiger partial charge in [-0.3, -0.25) is 4.79 Å². The Labute approximate surface area is 114 Å². The Bertz CT molecular complexity index is 501. The molecule has 5 nitrogen and oxygen atoms in total. The van der Waals surface area contributed by atoms with E-state index < -0.39 is 12.0 Å². The summed E-state index contributed by atoms with van der Waals surface area (Å²) in [6, 6.07) is 1.20. The SMILES string of the molecule is O=C(O)[C@@H]1CCCN1C(=O)c1cc2c(s1)CCOC2. The van der Waals surface area contributed by atoms with Crippen molar-refractivity contribution < 1.29 is 19.4 Å². The van der Waals surface area contributed by atoms with Crippen molar-refractivity contribution in [3.05, 3.63) is 21.4 Å². The minimum atomic E-state index is -0.907. The highest BCUT2D eigenvalue weighted by molar-refractivity contribution is 7.14. The number of aliphatic carboxylic acids is 1. The lowest BCUT2D eigenvalue weighted by Gasteiger charge is -2.20. The van der Waals surface area contributed by atoms with E-state index in [1.54, 1.807) is 0 Å². The number of amides is 1. The van der Waals surface area contributed by atoms with Crippen molar-refractivity contribution in [2.45, 2.75) is 31.9 Å². The first kappa shape index (κ1) is 12.6. The smallest absolute Gasteiger partial charge is 0.326 e. The molecule has 1 saturated heterocycles. The Hall–Kier alpha value is -1.40. The molecule has 2 aliphatic heterocycles. The molecule has 0 aromatic carbocycles. The van der Waals surface area contributed by atoms with Crippen LogP contribution in [-0.4, -0.2) is 41.1 Å². The van der Waals surface area contributed by atoms with Crippen LogP contribution in [0, 0.1) is 0 Å². The van der Waals surface area contributed by atoms with Crippen molar-refractivity contribution in [2.24, 2.45) is 0 Å². The van der Waals surface area contributed by atoms with Crippen molar-refractivity contribution in [2.75, 3.05) is 13.2 Å². The van der Waals surface area contributed by atoms with E-state index in [1.807, 2.05) is 6.07 Å². The molecule has 1 atom stereocenters.